The van der Waals surface area contributed by atoms with Gasteiger partial charge in [0.15, 0.2) is 11.6 Å². The highest BCUT2D eigenvalue weighted by Crippen LogP contribution is 2.54. The monoisotopic (exact) mass is 663 g/mol. The zero-order valence-electron chi connectivity index (χ0n) is 26.4. The number of fused-ring (bicyclic) bond motifs is 2. The molecule has 0 radical (unpaired) electrons. The van der Waals surface area contributed by atoms with E-state index in [1.165, 1.54) is 10.8 Å². The third-order valence-corrected chi connectivity index (χ3v) is 9.47. The molecule has 4 aromatic rings. The van der Waals surface area contributed by atoms with E-state index in [0.29, 0.717) is 24.2 Å². The molecule has 0 bridgehead atoms. The molecule has 2 N–H and O–H groups in total. The minimum Gasteiger partial charge on any atom is -0.382 e. The van der Waals surface area contributed by atoms with Gasteiger partial charge in [0.05, 0.1) is 38.2 Å². The van der Waals surface area contributed by atoms with Gasteiger partial charge in [0.1, 0.15) is 36.2 Å². The maximum atomic E-state index is 14.2. The Labute approximate surface area is 273 Å². The molecule has 2 aliphatic rings. The van der Waals surface area contributed by atoms with Crippen molar-refractivity contribution in [3.8, 4) is 6.07 Å². The van der Waals surface area contributed by atoms with Gasteiger partial charge in [-0.15, -0.1) is 0 Å². The Bertz CT molecular complexity index is 1750. The Hall–Kier alpha value is -3.70. The van der Waals surface area contributed by atoms with Gasteiger partial charge in [0, 0.05) is 0 Å². The van der Waals surface area contributed by atoms with Crippen molar-refractivity contribution in [2.24, 2.45) is 0 Å². The first-order chi connectivity index (χ1) is 22.7. The number of phosphoric ester groups is 1. The van der Waals surface area contributed by atoms with Crippen LogP contribution in [0.5, 0.6) is 0 Å². The van der Waals surface area contributed by atoms with Gasteiger partial charge in [0.25, 0.3) is 0 Å². The molecule has 4 heterocycles. The Morgan fingerprint density at radius 2 is 1.68 bits per heavy atom. The molecule has 0 saturated carbocycles. The molecule has 2 aromatic carbocycles. The summed E-state index contributed by atoms with van der Waals surface area (Å²) in [6.07, 6.45) is -1.04. The van der Waals surface area contributed by atoms with Crippen molar-refractivity contribution in [2.75, 3.05) is 18.9 Å². The van der Waals surface area contributed by atoms with Gasteiger partial charge in [0.2, 0.25) is 5.60 Å². The molecular weight excluding hydrogens is 625 g/mol. The highest BCUT2D eigenvalue weighted by Gasteiger charge is 2.65. The Morgan fingerprint density at radius 3 is 2.36 bits per heavy atom. The number of aromatic nitrogens is 3. The second kappa shape index (κ2) is 13.8. The zero-order chi connectivity index (χ0) is 33.1. The van der Waals surface area contributed by atoms with Crippen LogP contribution in [0, 0.1) is 11.3 Å². The number of nitrogen functional groups attached to an aromatic ring is 1. The molecule has 47 heavy (non-hydrogen) atoms. The summed E-state index contributed by atoms with van der Waals surface area (Å²) in [7, 11) is -4.21. The van der Waals surface area contributed by atoms with E-state index in [0.717, 1.165) is 11.1 Å². The molecule has 0 amide bonds. The van der Waals surface area contributed by atoms with Gasteiger partial charge in [-0.1, -0.05) is 67.6 Å². The zero-order valence-corrected chi connectivity index (χ0v) is 27.3. The number of anilines is 1. The third kappa shape index (κ3) is 7.11. The van der Waals surface area contributed by atoms with E-state index in [-0.39, 0.29) is 31.7 Å². The molecule has 6 atom stereocenters. The summed E-state index contributed by atoms with van der Waals surface area (Å²) < 4.78 is 58.3. The van der Waals surface area contributed by atoms with E-state index in [1.807, 2.05) is 67.6 Å². The maximum absolute atomic E-state index is 14.2. The molecule has 6 rings (SSSR count). The molecule has 14 heteroatoms. The fourth-order valence-corrected chi connectivity index (χ4v) is 6.92. The summed E-state index contributed by atoms with van der Waals surface area (Å²) in [5.74, 6) is -0.806. The second-order valence-corrected chi connectivity index (χ2v) is 13.5. The van der Waals surface area contributed by atoms with Crippen molar-refractivity contribution in [3.63, 3.8) is 0 Å². The van der Waals surface area contributed by atoms with Crippen LogP contribution in [0.25, 0.3) is 5.52 Å². The summed E-state index contributed by atoms with van der Waals surface area (Å²) >= 11 is 0. The molecule has 0 aliphatic carbocycles. The third-order valence-electron chi connectivity index (χ3n) is 8.09. The fraction of sp³-hybridized carbons (Fsp3) is 0.424. The average Bonchev–Trinajstić information content (AvgIpc) is 3.75. The standard InChI is InChI=1S/C33H38N5O8P/c1-4-25(40-17-23-11-7-5-8-12-23)19-42-47(39,41-18-24-13-9-6-10-14-24)43-20-27-29-30(46-32(2,3)45-29)33(21-34,44-27)28-16-15-26-31(35)36-22-37-38(26)28/h5-16,22,25,27,29-30H,4,17-20H2,1-3H3,(H2,35,36,37)/t25-,27-,29?,30+,33+,47?/m1/s1. The quantitative estimate of drug-likeness (QED) is 0.174. The van der Waals surface area contributed by atoms with Crippen molar-refractivity contribution in [1.82, 2.24) is 14.6 Å². The number of rotatable bonds is 14. The smallest absolute Gasteiger partial charge is 0.382 e. The van der Waals surface area contributed by atoms with E-state index < -0.39 is 37.5 Å². The molecule has 248 valence electrons. The van der Waals surface area contributed by atoms with E-state index >= 15 is 0 Å². The van der Waals surface area contributed by atoms with Crippen molar-refractivity contribution < 1.29 is 37.1 Å². The number of benzene rings is 2. The van der Waals surface area contributed by atoms with Crippen LogP contribution in [0.3, 0.4) is 0 Å². The van der Waals surface area contributed by atoms with Gasteiger partial charge in [-0.25, -0.2) is 14.1 Å². The van der Waals surface area contributed by atoms with Gasteiger partial charge in [-0.2, -0.15) is 10.4 Å². The number of ether oxygens (including phenoxy) is 4. The summed E-state index contributed by atoms with van der Waals surface area (Å²) in [6, 6.07) is 24.7. The molecule has 2 aliphatic heterocycles. The first kappa shape index (κ1) is 33.2. The van der Waals surface area contributed by atoms with Gasteiger partial charge >= 0.3 is 7.82 Å². The van der Waals surface area contributed by atoms with E-state index in [1.54, 1.807) is 26.0 Å². The Morgan fingerprint density at radius 1 is 0.979 bits per heavy atom. The normalized spacial score (nSPS) is 25.3. The SMILES string of the molecule is CC[C@H](COP(=O)(OCc1ccccc1)OC[C@H]1O[C@@](C#N)(c2ccc3c(N)ncnn23)[C@H]2OC(C)(C)OC12)OCc1ccccc1. The number of hydrogen-bond donors (Lipinski definition) is 1. The minimum absolute atomic E-state index is 0.0244. The lowest BCUT2D eigenvalue weighted by atomic mass is 9.92. The van der Waals surface area contributed by atoms with Crippen LogP contribution < -0.4 is 5.73 Å². The number of nitrogens with two attached hydrogens (primary N) is 1. The molecule has 2 aromatic heterocycles. The van der Waals surface area contributed by atoms with Gasteiger partial charge < -0.3 is 24.7 Å². The van der Waals surface area contributed by atoms with Crippen molar-refractivity contribution >= 4 is 19.2 Å². The van der Waals surface area contributed by atoms with Crippen molar-refractivity contribution in [3.05, 3.63) is 95.9 Å². The van der Waals surface area contributed by atoms with Gasteiger partial charge in [-0.3, -0.25) is 13.6 Å². The first-order valence-corrected chi connectivity index (χ1v) is 16.9. The molecule has 13 nitrogen and oxygen atoms in total. The molecule has 2 saturated heterocycles. The Kier molecular flexibility index (Phi) is 9.75. The minimum atomic E-state index is -4.21. The lowest BCUT2D eigenvalue weighted by Crippen LogP contribution is -2.40. The number of hydrogen-bond acceptors (Lipinski definition) is 12. The Balaban J connectivity index is 1.22. The molecule has 0 spiro atoms. The average molecular weight is 664 g/mol. The highest BCUT2D eigenvalue weighted by atomic mass is 31.2. The number of nitrogens with zero attached hydrogens (tertiary/aromatic N) is 4. The van der Waals surface area contributed by atoms with E-state index in [2.05, 4.69) is 16.2 Å². The highest BCUT2D eigenvalue weighted by molar-refractivity contribution is 7.48. The predicted molar refractivity (Wildman–Crippen MR) is 169 cm³/mol. The topological polar surface area (TPSA) is 162 Å². The number of nitriles is 1. The second-order valence-electron chi connectivity index (χ2n) is 11.8. The first-order valence-electron chi connectivity index (χ1n) is 15.4. The van der Waals surface area contributed by atoms with E-state index in [9.17, 15) is 9.83 Å². The molecule has 2 fully saturated rings. The van der Waals surface area contributed by atoms with Crippen LogP contribution in [0.4, 0.5) is 5.82 Å². The van der Waals surface area contributed by atoms with Crippen molar-refractivity contribution in [2.45, 2.75) is 76.2 Å². The van der Waals surface area contributed by atoms with Crippen molar-refractivity contribution in [1.29, 1.82) is 5.26 Å². The van der Waals surface area contributed by atoms with Crippen LogP contribution in [0.2, 0.25) is 0 Å². The summed E-state index contributed by atoms with van der Waals surface area (Å²) in [6.45, 7) is 5.46. The molecule has 2 unspecified atom stereocenters. The van der Waals surface area contributed by atoms with E-state index in [4.69, 9.17) is 38.3 Å². The number of phosphoric acid groups is 1. The van der Waals surface area contributed by atoms with Crippen LogP contribution in [0.1, 0.15) is 44.0 Å². The lowest BCUT2D eigenvalue weighted by molar-refractivity contribution is -0.204. The lowest BCUT2D eigenvalue weighted by Gasteiger charge is -2.29. The van der Waals surface area contributed by atoms with Crippen LogP contribution in [0.15, 0.2) is 79.1 Å². The summed E-state index contributed by atoms with van der Waals surface area (Å²) in [4.78, 5) is 4.04. The predicted octanol–water partition coefficient (Wildman–Crippen LogP) is 5.30. The van der Waals surface area contributed by atoms with Gasteiger partial charge in [-0.05, 0) is 43.5 Å². The van der Waals surface area contributed by atoms with Crippen LogP contribution in [-0.2, 0) is 55.9 Å². The largest absolute Gasteiger partial charge is 0.475 e. The summed E-state index contributed by atoms with van der Waals surface area (Å²) in [5, 5.41) is 14.9. The van der Waals surface area contributed by atoms with Crippen LogP contribution >= 0.6 is 7.82 Å². The fourth-order valence-electron chi connectivity index (χ4n) is 5.72. The molecular formula is C33H38N5O8P. The summed E-state index contributed by atoms with van der Waals surface area (Å²) in [5.41, 5.74) is 7.06. The maximum Gasteiger partial charge on any atom is 0.475 e. The van der Waals surface area contributed by atoms with Crippen LogP contribution in [-0.4, -0.2) is 58.0 Å².